The van der Waals surface area contributed by atoms with E-state index in [-0.39, 0.29) is 47.8 Å². The molecule has 1 aromatic heterocycles. The molecule has 7 nitrogen and oxygen atoms in total. The number of rotatable bonds is 4. The molecule has 1 saturated heterocycles. The number of benzene rings is 1. The zero-order valence-corrected chi connectivity index (χ0v) is 15.7. The van der Waals surface area contributed by atoms with Crippen molar-refractivity contribution < 1.29 is 18.0 Å². The number of Topliss-reactive ketones (excluding diaryl/α,β-unsaturated/α-hetero) is 1. The van der Waals surface area contributed by atoms with Gasteiger partial charge in [-0.05, 0) is 25.1 Å². The highest BCUT2D eigenvalue weighted by Gasteiger charge is 2.31. The van der Waals surface area contributed by atoms with E-state index in [9.17, 15) is 18.0 Å². The molecule has 26 heavy (non-hydrogen) atoms. The molecule has 1 fully saturated rings. The van der Waals surface area contributed by atoms with E-state index in [0.717, 1.165) is 0 Å². The van der Waals surface area contributed by atoms with E-state index in [2.05, 4.69) is 4.98 Å². The predicted octanol–water partition coefficient (Wildman–Crippen LogP) is 2.02. The minimum Gasteiger partial charge on any atom is -0.356 e. The van der Waals surface area contributed by atoms with E-state index in [4.69, 9.17) is 11.6 Å². The number of halogens is 1. The number of aromatic amines is 1. The van der Waals surface area contributed by atoms with Crippen LogP contribution in [0.2, 0.25) is 5.02 Å². The van der Waals surface area contributed by atoms with Crippen LogP contribution in [0.3, 0.4) is 0 Å². The lowest BCUT2D eigenvalue weighted by atomic mass is 10.2. The second-order valence-corrected chi connectivity index (χ2v) is 8.30. The molecule has 9 heteroatoms. The molecule has 0 aliphatic carbocycles. The van der Waals surface area contributed by atoms with Crippen LogP contribution in [-0.4, -0.2) is 60.5 Å². The first-order valence-electron chi connectivity index (χ1n) is 8.04. The Balaban J connectivity index is 1.70. The first-order valence-corrected chi connectivity index (χ1v) is 9.86. The van der Waals surface area contributed by atoms with Crippen LogP contribution in [0.1, 0.15) is 27.8 Å². The van der Waals surface area contributed by atoms with Crippen LogP contribution in [0.15, 0.2) is 41.4 Å². The fraction of sp³-hybridized carbons (Fsp3) is 0.294. The number of hydrogen-bond donors (Lipinski definition) is 1. The van der Waals surface area contributed by atoms with Crippen molar-refractivity contribution in [3.05, 3.63) is 52.8 Å². The second kappa shape index (κ2) is 7.22. The van der Waals surface area contributed by atoms with Crippen molar-refractivity contribution in [3.63, 3.8) is 0 Å². The van der Waals surface area contributed by atoms with Crippen LogP contribution in [0, 0.1) is 0 Å². The van der Waals surface area contributed by atoms with Crippen molar-refractivity contribution in [3.8, 4) is 0 Å². The van der Waals surface area contributed by atoms with Crippen molar-refractivity contribution in [1.82, 2.24) is 14.2 Å². The molecule has 3 rings (SSSR count). The summed E-state index contributed by atoms with van der Waals surface area (Å²) in [6, 6.07) is 7.81. The fourth-order valence-electron chi connectivity index (χ4n) is 2.82. The average molecular weight is 396 g/mol. The van der Waals surface area contributed by atoms with Crippen LogP contribution in [0.25, 0.3) is 0 Å². The largest absolute Gasteiger partial charge is 0.356 e. The molecule has 0 saturated carbocycles. The number of H-pyrrole nitrogens is 1. The Morgan fingerprint density at radius 3 is 2.35 bits per heavy atom. The van der Waals surface area contributed by atoms with Gasteiger partial charge in [-0.3, -0.25) is 9.59 Å². The Morgan fingerprint density at radius 1 is 1.12 bits per heavy atom. The van der Waals surface area contributed by atoms with Crippen LogP contribution < -0.4 is 0 Å². The highest BCUT2D eigenvalue weighted by molar-refractivity contribution is 7.89. The maximum atomic E-state index is 12.7. The number of nitrogens with one attached hydrogen (secondary N) is 1. The summed E-state index contributed by atoms with van der Waals surface area (Å²) in [5, 5.41) is 0.175. The molecule has 1 aliphatic rings. The Bertz CT molecular complexity index is 946. The van der Waals surface area contributed by atoms with E-state index in [1.165, 1.54) is 35.6 Å². The van der Waals surface area contributed by atoms with Crippen LogP contribution in [0.4, 0.5) is 0 Å². The van der Waals surface area contributed by atoms with Crippen LogP contribution in [0.5, 0.6) is 0 Å². The second-order valence-electron chi connectivity index (χ2n) is 5.98. The van der Waals surface area contributed by atoms with Gasteiger partial charge in [0, 0.05) is 37.9 Å². The maximum absolute atomic E-state index is 12.7. The number of hydrogen-bond acceptors (Lipinski definition) is 4. The third kappa shape index (κ3) is 3.53. The number of amides is 1. The van der Waals surface area contributed by atoms with Crippen LogP contribution in [-0.2, 0) is 10.0 Å². The molecule has 1 amide bonds. The predicted molar refractivity (Wildman–Crippen MR) is 96.9 cm³/mol. The minimum atomic E-state index is -3.70. The quantitative estimate of drug-likeness (QED) is 0.802. The van der Waals surface area contributed by atoms with Crippen LogP contribution >= 0.6 is 11.6 Å². The highest BCUT2D eigenvalue weighted by Crippen LogP contribution is 2.25. The molecule has 2 aromatic rings. The molecule has 0 radical (unpaired) electrons. The molecule has 0 unspecified atom stereocenters. The maximum Gasteiger partial charge on any atom is 0.270 e. The van der Waals surface area contributed by atoms with Gasteiger partial charge in [0.2, 0.25) is 10.0 Å². The smallest absolute Gasteiger partial charge is 0.270 e. The van der Waals surface area contributed by atoms with E-state index >= 15 is 0 Å². The molecular weight excluding hydrogens is 378 g/mol. The highest BCUT2D eigenvalue weighted by atomic mass is 35.5. The van der Waals surface area contributed by atoms with Gasteiger partial charge in [-0.1, -0.05) is 23.7 Å². The van der Waals surface area contributed by atoms with Crippen molar-refractivity contribution in [2.45, 2.75) is 11.8 Å². The van der Waals surface area contributed by atoms with Crippen molar-refractivity contribution >= 4 is 33.3 Å². The summed E-state index contributed by atoms with van der Waals surface area (Å²) in [4.78, 5) is 28.3. The lowest BCUT2D eigenvalue weighted by Crippen LogP contribution is -2.50. The summed E-state index contributed by atoms with van der Waals surface area (Å²) in [7, 11) is -3.70. The molecular formula is C17H18ClN3O4S. The summed E-state index contributed by atoms with van der Waals surface area (Å²) in [5.41, 5.74) is 0.755. The number of ketones is 1. The number of piperazine rings is 1. The fourth-order valence-corrected chi connectivity index (χ4v) is 4.73. The lowest BCUT2D eigenvalue weighted by Gasteiger charge is -2.33. The van der Waals surface area contributed by atoms with E-state index in [0.29, 0.717) is 11.3 Å². The van der Waals surface area contributed by atoms with Gasteiger partial charge in [-0.15, -0.1) is 0 Å². The topological polar surface area (TPSA) is 90.6 Å². The Morgan fingerprint density at radius 2 is 1.77 bits per heavy atom. The van der Waals surface area contributed by atoms with Gasteiger partial charge in [-0.2, -0.15) is 4.31 Å². The van der Waals surface area contributed by atoms with E-state index < -0.39 is 10.0 Å². The van der Waals surface area contributed by atoms with Crippen molar-refractivity contribution in [2.75, 3.05) is 26.2 Å². The van der Waals surface area contributed by atoms with Gasteiger partial charge < -0.3 is 9.88 Å². The van der Waals surface area contributed by atoms with Gasteiger partial charge in [0.15, 0.2) is 5.78 Å². The number of sulfonamides is 1. The number of carbonyl (C=O) groups excluding carboxylic acids is 2. The van der Waals surface area contributed by atoms with E-state index in [1.54, 1.807) is 17.0 Å². The molecule has 1 N–H and O–H groups in total. The molecule has 2 heterocycles. The molecule has 0 bridgehead atoms. The normalized spacial score (nSPS) is 15.8. The van der Waals surface area contributed by atoms with Gasteiger partial charge >= 0.3 is 0 Å². The summed E-state index contributed by atoms with van der Waals surface area (Å²) in [5.74, 6) is -0.386. The minimum absolute atomic E-state index is 0.0666. The number of carbonyl (C=O) groups is 2. The van der Waals surface area contributed by atoms with E-state index in [1.807, 2.05) is 0 Å². The Hall–Kier alpha value is -2.16. The standard InChI is InChI=1S/C17H18ClN3O4S/c1-12(22)13-10-15(19-11-13)17(23)20-6-8-21(9-7-20)26(24,25)16-5-3-2-4-14(16)18/h2-5,10-11,19H,6-9H2,1H3. The zero-order chi connectivity index (χ0) is 18.9. The van der Waals surface area contributed by atoms with Gasteiger partial charge in [0.25, 0.3) is 5.91 Å². The molecule has 0 atom stereocenters. The molecule has 1 aromatic carbocycles. The SMILES string of the molecule is CC(=O)c1c[nH]c(C(=O)N2CCN(S(=O)(=O)c3ccccc3Cl)CC2)c1. The molecule has 1 aliphatic heterocycles. The monoisotopic (exact) mass is 395 g/mol. The summed E-state index contributed by atoms with van der Waals surface area (Å²) < 4.78 is 26.8. The van der Waals surface area contributed by atoms with Crippen molar-refractivity contribution in [1.29, 1.82) is 0 Å². The molecule has 138 valence electrons. The first-order chi connectivity index (χ1) is 12.3. The summed E-state index contributed by atoms with van der Waals surface area (Å²) in [6.45, 7) is 2.31. The van der Waals surface area contributed by atoms with Crippen molar-refractivity contribution in [2.24, 2.45) is 0 Å². The molecule has 0 spiro atoms. The Labute approximate surface area is 156 Å². The summed E-state index contributed by atoms with van der Waals surface area (Å²) >= 11 is 6.01. The number of aromatic nitrogens is 1. The van der Waals surface area contributed by atoms with Gasteiger partial charge in [0.1, 0.15) is 10.6 Å². The summed E-state index contributed by atoms with van der Waals surface area (Å²) in [6.07, 6.45) is 1.49. The zero-order valence-electron chi connectivity index (χ0n) is 14.1. The Kier molecular flexibility index (Phi) is 5.17. The van der Waals surface area contributed by atoms with Gasteiger partial charge in [-0.25, -0.2) is 8.42 Å². The third-order valence-electron chi connectivity index (χ3n) is 4.30. The van der Waals surface area contributed by atoms with Gasteiger partial charge in [0.05, 0.1) is 5.02 Å². The average Bonchev–Trinajstić information content (AvgIpc) is 3.12. The first kappa shape index (κ1) is 18.6. The third-order valence-corrected chi connectivity index (χ3v) is 6.70. The number of nitrogens with zero attached hydrogens (tertiary/aromatic N) is 2. The lowest BCUT2D eigenvalue weighted by molar-refractivity contribution is 0.0692.